The van der Waals surface area contributed by atoms with E-state index in [4.69, 9.17) is 5.11 Å². The van der Waals surface area contributed by atoms with Crippen molar-refractivity contribution in [3.8, 4) is 0 Å². The Morgan fingerprint density at radius 2 is 2.30 bits per heavy atom. The van der Waals surface area contributed by atoms with Crippen molar-refractivity contribution in [1.82, 2.24) is 4.90 Å². The number of hydrogen-bond acceptors (Lipinski definition) is 3. The third-order valence-electron chi connectivity index (χ3n) is 2.97. The van der Waals surface area contributed by atoms with Gasteiger partial charge in [0.1, 0.15) is 0 Å². The van der Waals surface area contributed by atoms with Gasteiger partial charge < -0.3 is 15.3 Å². The predicted molar refractivity (Wildman–Crippen MR) is 83.2 cm³/mol. The SMILES string of the molecule is O=C(O)CC1CSCCN1C(=O)Nc1cccc(Br)c1. The first kappa shape index (κ1) is 15.2. The topological polar surface area (TPSA) is 69.6 Å². The molecular formula is C13H15BrN2O3S. The second kappa shape index (κ2) is 6.99. The normalized spacial score (nSPS) is 18.6. The molecule has 1 heterocycles. The molecule has 2 amide bonds. The Kier molecular flexibility index (Phi) is 5.31. The number of anilines is 1. The van der Waals surface area contributed by atoms with Crippen molar-refractivity contribution in [2.24, 2.45) is 0 Å². The van der Waals surface area contributed by atoms with Crippen LogP contribution < -0.4 is 5.32 Å². The molecule has 2 N–H and O–H groups in total. The van der Waals surface area contributed by atoms with E-state index in [-0.39, 0.29) is 18.5 Å². The maximum Gasteiger partial charge on any atom is 0.322 e. The lowest BCUT2D eigenvalue weighted by molar-refractivity contribution is -0.137. The highest BCUT2D eigenvalue weighted by Crippen LogP contribution is 2.21. The Balaban J connectivity index is 2.04. The quantitative estimate of drug-likeness (QED) is 0.871. The van der Waals surface area contributed by atoms with Crippen molar-refractivity contribution in [1.29, 1.82) is 0 Å². The number of carbonyl (C=O) groups is 2. The van der Waals surface area contributed by atoms with Crippen LogP contribution in [0.2, 0.25) is 0 Å². The summed E-state index contributed by atoms with van der Waals surface area (Å²) < 4.78 is 0.881. The smallest absolute Gasteiger partial charge is 0.322 e. The average molecular weight is 359 g/mol. The number of aliphatic carboxylic acids is 1. The van der Waals surface area contributed by atoms with Gasteiger partial charge in [-0.3, -0.25) is 4.79 Å². The zero-order valence-corrected chi connectivity index (χ0v) is 13.1. The molecule has 2 rings (SSSR count). The zero-order chi connectivity index (χ0) is 14.5. The van der Waals surface area contributed by atoms with Crippen molar-refractivity contribution >= 4 is 45.4 Å². The molecule has 108 valence electrons. The molecule has 1 aromatic carbocycles. The summed E-state index contributed by atoms with van der Waals surface area (Å²) >= 11 is 5.03. The number of urea groups is 1. The Hall–Kier alpha value is -1.21. The van der Waals surface area contributed by atoms with Crippen molar-refractivity contribution in [3.63, 3.8) is 0 Å². The summed E-state index contributed by atoms with van der Waals surface area (Å²) in [6, 6.07) is 6.82. The van der Waals surface area contributed by atoms with Gasteiger partial charge in [0, 0.05) is 28.2 Å². The lowest BCUT2D eigenvalue weighted by atomic mass is 10.2. The molecule has 1 unspecified atom stereocenters. The maximum absolute atomic E-state index is 12.3. The molecule has 5 nitrogen and oxygen atoms in total. The fourth-order valence-corrected chi connectivity index (χ4v) is 3.52. The van der Waals surface area contributed by atoms with Crippen LogP contribution in [-0.2, 0) is 4.79 Å². The Bertz CT molecular complexity index is 512. The van der Waals surface area contributed by atoms with E-state index >= 15 is 0 Å². The Labute approximate surface area is 129 Å². The van der Waals surface area contributed by atoms with Crippen molar-refractivity contribution in [3.05, 3.63) is 28.7 Å². The number of halogens is 1. The molecule has 1 aliphatic rings. The van der Waals surface area contributed by atoms with E-state index in [9.17, 15) is 9.59 Å². The molecule has 0 spiro atoms. The monoisotopic (exact) mass is 358 g/mol. The molecule has 0 radical (unpaired) electrons. The number of nitrogens with one attached hydrogen (secondary N) is 1. The predicted octanol–water partition coefficient (Wildman–Crippen LogP) is 2.87. The highest BCUT2D eigenvalue weighted by Gasteiger charge is 2.28. The van der Waals surface area contributed by atoms with Gasteiger partial charge in [0.2, 0.25) is 0 Å². The van der Waals surface area contributed by atoms with Gasteiger partial charge in [0.05, 0.1) is 12.5 Å². The number of amides is 2. The van der Waals surface area contributed by atoms with E-state index in [0.717, 1.165) is 10.2 Å². The fourth-order valence-electron chi connectivity index (χ4n) is 2.05. The van der Waals surface area contributed by atoms with Crippen LogP contribution in [0.5, 0.6) is 0 Å². The lowest BCUT2D eigenvalue weighted by Gasteiger charge is -2.34. The van der Waals surface area contributed by atoms with Gasteiger partial charge in [-0.2, -0.15) is 11.8 Å². The molecule has 1 aromatic rings. The lowest BCUT2D eigenvalue weighted by Crippen LogP contribution is -2.48. The molecule has 7 heteroatoms. The molecule has 20 heavy (non-hydrogen) atoms. The first-order valence-corrected chi connectivity index (χ1v) is 8.14. The number of hydrogen-bond donors (Lipinski definition) is 2. The summed E-state index contributed by atoms with van der Waals surface area (Å²) in [6.45, 7) is 0.572. The van der Waals surface area contributed by atoms with Crippen LogP contribution in [0.1, 0.15) is 6.42 Å². The number of carboxylic acids is 1. The van der Waals surface area contributed by atoms with Gasteiger partial charge >= 0.3 is 12.0 Å². The Morgan fingerprint density at radius 3 is 3.00 bits per heavy atom. The third-order valence-corrected chi connectivity index (χ3v) is 4.56. The van der Waals surface area contributed by atoms with Crippen molar-refractivity contribution in [2.75, 3.05) is 23.4 Å². The fraction of sp³-hybridized carbons (Fsp3) is 0.385. The minimum atomic E-state index is -0.877. The van der Waals surface area contributed by atoms with Gasteiger partial charge in [-0.25, -0.2) is 4.79 Å². The van der Waals surface area contributed by atoms with Crippen LogP contribution in [0, 0.1) is 0 Å². The second-order valence-electron chi connectivity index (χ2n) is 4.46. The number of carbonyl (C=O) groups excluding carboxylic acids is 1. The van der Waals surface area contributed by atoms with E-state index in [0.29, 0.717) is 18.0 Å². The van der Waals surface area contributed by atoms with Crippen molar-refractivity contribution in [2.45, 2.75) is 12.5 Å². The highest BCUT2D eigenvalue weighted by molar-refractivity contribution is 9.10. The summed E-state index contributed by atoms with van der Waals surface area (Å²) in [5.41, 5.74) is 0.691. The number of rotatable bonds is 3. The van der Waals surface area contributed by atoms with E-state index in [2.05, 4.69) is 21.2 Å². The van der Waals surface area contributed by atoms with Crippen LogP contribution in [0.4, 0.5) is 10.5 Å². The molecule has 0 aliphatic carbocycles. The van der Waals surface area contributed by atoms with Crippen LogP contribution in [0.25, 0.3) is 0 Å². The number of benzene rings is 1. The molecule has 1 atom stereocenters. The summed E-state index contributed by atoms with van der Waals surface area (Å²) in [5, 5.41) is 11.7. The maximum atomic E-state index is 12.3. The average Bonchev–Trinajstić information content (AvgIpc) is 2.38. The van der Waals surface area contributed by atoms with Crippen LogP contribution in [-0.4, -0.2) is 46.1 Å². The highest BCUT2D eigenvalue weighted by atomic mass is 79.9. The van der Waals surface area contributed by atoms with Crippen molar-refractivity contribution < 1.29 is 14.7 Å². The Morgan fingerprint density at radius 1 is 1.50 bits per heavy atom. The van der Waals surface area contributed by atoms with E-state index in [1.54, 1.807) is 22.7 Å². The molecule has 1 saturated heterocycles. The number of nitrogens with zero attached hydrogens (tertiary/aromatic N) is 1. The van der Waals surface area contributed by atoms with E-state index in [1.807, 2.05) is 18.2 Å². The first-order chi connectivity index (χ1) is 9.56. The third kappa shape index (κ3) is 4.14. The summed E-state index contributed by atoms with van der Waals surface area (Å²) in [5.74, 6) is 0.623. The number of thioether (sulfide) groups is 1. The largest absolute Gasteiger partial charge is 0.481 e. The molecule has 0 saturated carbocycles. The summed E-state index contributed by atoms with van der Waals surface area (Å²) in [4.78, 5) is 24.7. The molecule has 0 bridgehead atoms. The molecule has 1 fully saturated rings. The minimum Gasteiger partial charge on any atom is -0.481 e. The van der Waals surface area contributed by atoms with E-state index in [1.165, 1.54) is 0 Å². The van der Waals surface area contributed by atoms with Gasteiger partial charge in [0.25, 0.3) is 0 Å². The molecular weight excluding hydrogens is 344 g/mol. The van der Waals surface area contributed by atoms with Crippen LogP contribution in [0.15, 0.2) is 28.7 Å². The van der Waals surface area contributed by atoms with Crippen LogP contribution >= 0.6 is 27.7 Å². The molecule has 0 aromatic heterocycles. The van der Waals surface area contributed by atoms with Gasteiger partial charge in [-0.05, 0) is 18.2 Å². The second-order valence-corrected chi connectivity index (χ2v) is 6.53. The minimum absolute atomic E-state index is 0.0150. The van der Waals surface area contributed by atoms with Crippen LogP contribution in [0.3, 0.4) is 0 Å². The summed E-state index contributed by atoms with van der Waals surface area (Å²) in [6.07, 6.45) is -0.0150. The van der Waals surface area contributed by atoms with Gasteiger partial charge in [-0.15, -0.1) is 0 Å². The zero-order valence-electron chi connectivity index (χ0n) is 10.7. The first-order valence-electron chi connectivity index (χ1n) is 6.19. The number of carboxylic acid groups (broad SMARTS) is 1. The summed E-state index contributed by atoms with van der Waals surface area (Å²) in [7, 11) is 0. The van der Waals surface area contributed by atoms with E-state index < -0.39 is 5.97 Å². The van der Waals surface area contributed by atoms with Gasteiger partial charge in [-0.1, -0.05) is 22.0 Å². The molecule has 1 aliphatic heterocycles. The standard InChI is InChI=1S/C13H15BrN2O3S/c14-9-2-1-3-10(6-9)15-13(19)16-4-5-20-8-11(16)7-12(17)18/h1-3,6,11H,4-5,7-8H2,(H,15,19)(H,17,18). The van der Waals surface area contributed by atoms with Gasteiger partial charge in [0.15, 0.2) is 0 Å².